The van der Waals surface area contributed by atoms with Gasteiger partial charge >= 0.3 is 0 Å². The monoisotopic (exact) mass is 435 g/mol. The third kappa shape index (κ3) is 5.52. The lowest BCUT2D eigenvalue weighted by atomic mass is 10.1. The molecule has 1 amide bonds. The fourth-order valence-corrected chi connectivity index (χ4v) is 5.83. The summed E-state index contributed by atoms with van der Waals surface area (Å²) in [6.45, 7) is 6.08. The van der Waals surface area contributed by atoms with Gasteiger partial charge in [-0.1, -0.05) is 41.4 Å². The Bertz CT molecular complexity index is 996. The molecular formula is C22H26ClNO4S. The van der Waals surface area contributed by atoms with Gasteiger partial charge in [0.05, 0.1) is 11.5 Å². The number of rotatable bonds is 6. The van der Waals surface area contributed by atoms with Crippen molar-refractivity contribution >= 4 is 27.3 Å². The predicted octanol–water partition coefficient (Wildman–Crippen LogP) is 3.86. The first kappa shape index (κ1) is 21.7. The minimum atomic E-state index is -3.12. The van der Waals surface area contributed by atoms with Gasteiger partial charge in [0.15, 0.2) is 16.4 Å². The minimum Gasteiger partial charge on any atom is -0.483 e. The number of nitrogens with zero attached hydrogens (tertiary/aromatic N) is 1. The summed E-state index contributed by atoms with van der Waals surface area (Å²) < 4.78 is 29.8. The molecule has 0 aromatic heterocycles. The molecule has 0 N–H and O–H groups in total. The highest BCUT2D eigenvalue weighted by molar-refractivity contribution is 7.91. The van der Waals surface area contributed by atoms with E-state index in [2.05, 4.69) is 0 Å². The zero-order valence-corrected chi connectivity index (χ0v) is 18.5. The van der Waals surface area contributed by atoms with Crippen LogP contribution in [0.15, 0.2) is 36.4 Å². The van der Waals surface area contributed by atoms with Crippen molar-refractivity contribution in [3.8, 4) is 5.75 Å². The van der Waals surface area contributed by atoms with Gasteiger partial charge in [-0.3, -0.25) is 4.79 Å². The summed E-state index contributed by atoms with van der Waals surface area (Å²) in [6, 6.07) is 10.9. The van der Waals surface area contributed by atoms with Gasteiger partial charge < -0.3 is 9.64 Å². The second-order valence-corrected chi connectivity index (χ2v) is 10.4. The van der Waals surface area contributed by atoms with Crippen molar-refractivity contribution in [2.45, 2.75) is 39.8 Å². The molecule has 1 fully saturated rings. The van der Waals surface area contributed by atoms with Gasteiger partial charge in [0.2, 0.25) is 0 Å². The first-order chi connectivity index (χ1) is 13.6. The fourth-order valence-electron chi connectivity index (χ4n) is 3.89. The molecule has 2 aromatic carbocycles. The highest BCUT2D eigenvalue weighted by Crippen LogP contribution is 2.26. The summed E-state index contributed by atoms with van der Waals surface area (Å²) in [7, 11) is -3.12. The van der Waals surface area contributed by atoms with E-state index in [1.54, 1.807) is 17.0 Å². The van der Waals surface area contributed by atoms with E-state index in [-0.39, 0.29) is 30.1 Å². The van der Waals surface area contributed by atoms with Gasteiger partial charge in [-0.05, 0) is 56.0 Å². The van der Waals surface area contributed by atoms with Crippen LogP contribution in [0.2, 0.25) is 5.02 Å². The van der Waals surface area contributed by atoms with Gasteiger partial charge in [0.1, 0.15) is 5.75 Å². The van der Waals surface area contributed by atoms with Crippen molar-refractivity contribution in [3.05, 3.63) is 63.7 Å². The minimum absolute atomic E-state index is 0.0120. The van der Waals surface area contributed by atoms with Crippen molar-refractivity contribution in [1.82, 2.24) is 4.90 Å². The van der Waals surface area contributed by atoms with E-state index < -0.39 is 9.84 Å². The van der Waals surface area contributed by atoms with Crippen molar-refractivity contribution in [2.75, 3.05) is 18.1 Å². The second kappa shape index (κ2) is 8.76. The molecule has 1 aliphatic heterocycles. The maximum atomic E-state index is 13.1. The molecule has 5 nitrogen and oxygen atoms in total. The summed E-state index contributed by atoms with van der Waals surface area (Å²) in [6.07, 6.45) is 0.442. The molecule has 29 heavy (non-hydrogen) atoms. The largest absolute Gasteiger partial charge is 0.483 e. The zero-order chi connectivity index (χ0) is 21.2. The molecule has 0 spiro atoms. The van der Waals surface area contributed by atoms with E-state index in [0.29, 0.717) is 23.7 Å². The Balaban J connectivity index is 1.79. The number of benzene rings is 2. The number of sulfone groups is 1. The predicted molar refractivity (Wildman–Crippen MR) is 115 cm³/mol. The number of carbonyl (C=O) groups is 1. The van der Waals surface area contributed by atoms with Crippen molar-refractivity contribution in [1.29, 1.82) is 0 Å². The van der Waals surface area contributed by atoms with Crippen LogP contribution in [0.4, 0.5) is 0 Å². The van der Waals surface area contributed by atoms with E-state index in [1.807, 2.05) is 45.0 Å². The average molecular weight is 436 g/mol. The van der Waals surface area contributed by atoms with Crippen LogP contribution in [-0.4, -0.2) is 43.4 Å². The van der Waals surface area contributed by atoms with Crippen LogP contribution in [0, 0.1) is 20.8 Å². The number of hydrogen-bond acceptors (Lipinski definition) is 4. The highest BCUT2D eigenvalue weighted by atomic mass is 35.5. The third-order valence-electron chi connectivity index (χ3n) is 5.16. The lowest BCUT2D eigenvalue weighted by molar-refractivity contribution is -0.136. The normalized spacial score (nSPS) is 17.9. The SMILES string of the molecule is Cc1cc(C)c(OCC(=O)N(Cc2cccc(Cl)c2)[C@@H]2CCS(=O)(=O)C2)c(C)c1. The maximum Gasteiger partial charge on any atom is 0.261 e. The van der Waals surface area contributed by atoms with Crippen molar-refractivity contribution in [3.63, 3.8) is 0 Å². The molecule has 0 bridgehead atoms. The van der Waals surface area contributed by atoms with Crippen molar-refractivity contribution in [2.24, 2.45) is 0 Å². The van der Waals surface area contributed by atoms with Gasteiger partial charge in [0.25, 0.3) is 5.91 Å². The first-order valence-electron chi connectivity index (χ1n) is 9.59. The van der Waals surface area contributed by atoms with Crippen LogP contribution in [-0.2, 0) is 21.2 Å². The smallest absolute Gasteiger partial charge is 0.261 e. The molecule has 3 rings (SSSR count). The number of hydrogen-bond donors (Lipinski definition) is 0. The molecular weight excluding hydrogens is 410 g/mol. The average Bonchev–Trinajstić information content (AvgIpc) is 2.98. The maximum absolute atomic E-state index is 13.1. The number of aryl methyl sites for hydroxylation is 3. The number of carbonyl (C=O) groups excluding carboxylic acids is 1. The molecule has 0 radical (unpaired) electrons. The Morgan fingerprint density at radius 3 is 2.45 bits per heavy atom. The number of amides is 1. The molecule has 7 heteroatoms. The Hall–Kier alpha value is -2.05. The standard InChI is InChI=1S/C22H26ClNO4S/c1-15-9-16(2)22(17(3)10-15)28-13-21(25)24(20-7-8-29(26,27)14-20)12-18-5-4-6-19(23)11-18/h4-6,9-11,20H,7-8,12-14H2,1-3H3/t20-/m1/s1. The molecule has 0 saturated carbocycles. The summed E-state index contributed by atoms with van der Waals surface area (Å²) in [5, 5.41) is 0.580. The van der Waals surface area contributed by atoms with Crippen LogP contribution in [0.1, 0.15) is 28.7 Å². The summed E-state index contributed by atoms with van der Waals surface area (Å²) in [5.74, 6) is 0.563. The van der Waals surface area contributed by atoms with E-state index >= 15 is 0 Å². The topological polar surface area (TPSA) is 63.7 Å². The lowest BCUT2D eigenvalue weighted by Gasteiger charge is -2.29. The van der Waals surface area contributed by atoms with E-state index in [1.165, 1.54) is 0 Å². The Morgan fingerprint density at radius 1 is 1.17 bits per heavy atom. The zero-order valence-electron chi connectivity index (χ0n) is 16.9. The van der Waals surface area contributed by atoms with Gasteiger partial charge in [-0.15, -0.1) is 0 Å². The number of halogens is 1. The van der Waals surface area contributed by atoms with Gasteiger partial charge in [0, 0.05) is 17.6 Å². The van der Waals surface area contributed by atoms with E-state index in [0.717, 1.165) is 22.3 Å². The molecule has 2 aromatic rings. The Morgan fingerprint density at radius 2 is 1.86 bits per heavy atom. The first-order valence-corrected chi connectivity index (χ1v) is 11.8. The summed E-state index contributed by atoms with van der Waals surface area (Å²) in [5.41, 5.74) is 3.94. The summed E-state index contributed by atoms with van der Waals surface area (Å²) >= 11 is 6.08. The fraction of sp³-hybridized carbons (Fsp3) is 0.409. The molecule has 0 aliphatic carbocycles. The Kier molecular flexibility index (Phi) is 6.54. The highest BCUT2D eigenvalue weighted by Gasteiger charge is 2.35. The molecule has 1 aliphatic rings. The summed E-state index contributed by atoms with van der Waals surface area (Å²) in [4.78, 5) is 14.7. The molecule has 0 unspecified atom stereocenters. The van der Waals surface area contributed by atoms with Crippen LogP contribution < -0.4 is 4.74 Å². The molecule has 1 atom stereocenters. The third-order valence-corrected chi connectivity index (χ3v) is 7.14. The van der Waals surface area contributed by atoms with Crippen LogP contribution in [0.5, 0.6) is 5.75 Å². The van der Waals surface area contributed by atoms with E-state index in [4.69, 9.17) is 16.3 Å². The van der Waals surface area contributed by atoms with Crippen LogP contribution in [0.25, 0.3) is 0 Å². The lowest BCUT2D eigenvalue weighted by Crippen LogP contribution is -2.43. The number of ether oxygens (including phenoxy) is 1. The van der Waals surface area contributed by atoms with E-state index in [9.17, 15) is 13.2 Å². The molecule has 1 saturated heterocycles. The molecule has 156 valence electrons. The quantitative estimate of drug-likeness (QED) is 0.691. The second-order valence-electron chi connectivity index (χ2n) is 7.72. The van der Waals surface area contributed by atoms with Crippen LogP contribution in [0.3, 0.4) is 0 Å². The van der Waals surface area contributed by atoms with Gasteiger partial charge in [-0.25, -0.2) is 8.42 Å². The van der Waals surface area contributed by atoms with Gasteiger partial charge in [-0.2, -0.15) is 0 Å². The Labute approximate surface area is 177 Å². The van der Waals surface area contributed by atoms with Crippen LogP contribution >= 0.6 is 11.6 Å². The van der Waals surface area contributed by atoms with Crippen molar-refractivity contribution < 1.29 is 17.9 Å². The molecule has 1 heterocycles.